The van der Waals surface area contributed by atoms with E-state index in [2.05, 4.69) is 0 Å². The lowest BCUT2D eigenvalue weighted by atomic mass is 10.2. The van der Waals surface area contributed by atoms with Crippen molar-refractivity contribution in [3.63, 3.8) is 0 Å². The van der Waals surface area contributed by atoms with Crippen LogP contribution in [0.1, 0.15) is 6.42 Å². The predicted octanol–water partition coefficient (Wildman–Crippen LogP) is -1.02. The average molecular weight is 262 g/mol. The van der Waals surface area contributed by atoms with E-state index in [0.717, 1.165) is 28.6 Å². The molecule has 0 radical (unpaired) electrons. The maximum Gasteiger partial charge on any atom is 0.331 e. The van der Waals surface area contributed by atoms with Crippen LogP contribution in [0.15, 0.2) is 21.9 Å². The average Bonchev–Trinajstić information content (AvgIpc) is 2.55. The number of nitrogens with one attached hydrogen (secondary N) is 1. The number of hydrogen-bond acceptors (Lipinski definition) is 5. The molecule has 6 nitrogen and oxygen atoms in total. The minimum atomic E-state index is -2.07. The van der Waals surface area contributed by atoms with Crippen molar-refractivity contribution in [3.05, 3.63) is 33.1 Å². The van der Waals surface area contributed by atoms with Crippen LogP contribution in [0.25, 0.3) is 0 Å². The minimum Gasteiger partial charge on any atom is -0.395 e. The zero-order valence-corrected chi connectivity index (χ0v) is 9.48. The number of thioether (sulfide) groups is 1. The number of nitrogens with zero attached hydrogens (tertiary/aromatic N) is 1. The first-order valence-electron chi connectivity index (χ1n) is 4.95. The maximum absolute atomic E-state index is 13.7. The van der Waals surface area contributed by atoms with Gasteiger partial charge in [0, 0.05) is 17.5 Å². The lowest BCUT2D eigenvalue weighted by Crippen LogP contribution is -2.45. The van der Waals surface area contributed by atoms with E-state index in [1.54, 1.807) is 0 Å². The molecule has 8 heteroatoms. The van der Waals surface area contributed by atoms with E-state index in [0.29, 0.717) is 0 Å². The normalized spacial score (nSPS) is 32.9. The zero-order chi connectivity index (χ0) is 12.6. The van der Waals surface area contributed by atoms with Crippen LogP contribution in [-0.2, 0) is 5.06 Å². The van der Waals surface area contributed by atoms with Gasteiger partial charge in [0.05, 0.1) is 6.61 Å². The van der Waals surface area contributed by atoms with Crippen LogP contribution >= 0.6 is 11.8 Å². The van der Waals surface area contributed by atoms with Crippen molar-refractivity contribution in [2.24, 2.45) is 0 Å². The number of hydrogen-bond donors (Lipinski definition) is 3. The Bertz CT molecular complexity index is 530. The van der Waals surface area contributed by atoms with Crippen LogP contribution in [-0.4, -0.2) is 37.8 Å². The van der Waals surface area contributed by atoms with E-state index >= 15 is 0 Å². The number of rotatable bonds is 2. The highest BCUT2D eigenvalue weighted by Crippen LogP contribution is 2.45. The fourth-order valence-electron chi connectivity index (χ4n) is 1.74. The molecular weight excluding hydrogens is 251 g/mol. The van der Waals surface area contributed by atoms with Crippen LogP contribution in [0.3, 0.4) is 0 Å². The third-order valence-electron chi connectivity index (χ3n) is 2.59. The molecule has 3 N–H and O–H groups in total. The molecule has 1 aliphatic rings. The maximum atomic E-state index is 13.7. The Morgan fingerprint density at radius 1 is 1.65 bits per heavy atom. The van der Waals surface area contributed by atoms with Gasteiger partial charge >= 0.3 is 5.69 Å². The highest BCUT2D eigenvalue weighted by Gasteiger charge is 2.49. The van der Waals surface area contributed by atoms with Crippen LogP contribution in [0.2, 0.25) is 0 Å². The van der Waals surface area contributed by atoms with Gasteiger partial charge in [-0.2, -0.15) is 0 Å². The monoisotopic (exact) mass is 262 g/mol. The lowest BCUT2D eigenvalue weighted by molar-refractivity contribution is -0.0149. The summed E-state index contributed by atoms with van der Waals surface area (Å²) in [6, 6.07) is 1.03. The number of H-pyrrole nitrogens is 1. The fourth-order valence-corrected chi connectivity index (χ4v) is 3.07. The van der Waals surface area contributed by atoms with Crippen LogP contribution in [0.5, 0.6) is 0 Å². The number of halogens is 1. The zero-order valence-electron chi connectivity index (χ0n) is 8.67. The van der Waals surface area contributed by atoms with Gasteiger partial charge in [-0.15, -0.1) is 0 Å². The Morgan fingerprint density at radius 3 is 2.88 bits per heavy atom. The number of alkyl halides is 1. The van der Waals surface area contributed by atoms with E-state index < -0.39 is 27.7 Å². The molecule has 17 heavy (non-hydrogen) atoms. The molecule has 0 aromatic carbocycles. The van der Waals surface area contributed by atoms with Crippen LogP contribution in [0, 0.1) is 0 Å². The Kier molecular flexibility index (Phi) is 3.11. The molecule has 1 saturated heterocycles. The molecule has 0 saturated carbocycles. The van der Waals surface area contributed by atoms with Gasteiger partial charge in [-0.05, 0) is 6.42 Å². The van der Waals surface area contributed by atoms with Gasteiger partial charge in [-0.1, -0.05) is 11.8 Å². The van der Waals surface area contributed by atoms with Gasteiger partial charge in [0.1, 0.15) is 0 Å². The molecule has 0 aliphatic carbocycles. The van der Waals surface area contributed by atoms with E-state index in [4.69, 9.17) is 5.11 Å². The Balaban J connectivity index is 2.45. The Hall–Kier alpha value is -1.12. The van der Waals surface area contributed by atoms with Gasteiger partial charge in [-0.25, -0.2) is 9.18 Å². The first-order chi connectivity index (χ1) is 7.97. The molecule has 0 unspecified atom stereocenters. The van der Waals surface area contributed by atoms with Crippen molar-refractivity contribution < 1.29 is 14.6 Å². The Labute approximate surface area is 99.1 Å². The summed E-state index contributed by atoms with van der Waals surface area (Å²) in [5.41, 5.74) is -1.50. The summed E-state index contributed by atoms with van der Waals surface area (Å²) in [6.07, 6.45) is -0.697. The van der Waals surface area contributed by atoms with Crippen molar-refractivity contribution in [1.29, 1.82) is 0 Å². The van der Waals surface area contributed by atoms with Crippen molar-refractivity contribution in [3.8, 4) is 0 Å². The van der Waals surface area contributed by atoms with Crippen molar-refractivity contribution in [1.82, 2.24) is 9.55 Å². The van der Waals surface area contributed by atoms with Gasteiger partial charge in [0.2, 0.25) is 5.06 Å². The van der Waals surface area contributed by atoms with Crippen LogP contribution in [0.4, 0.5) is 4.39 Å². The van der Waals surface area contributed by atoms with E-state index in [1.807, 2.05) is 4.98 Å². The molecule has 3 atom stereocenters. The summed E-state index contributed by atoms with van der Waals surface area (Å²) < 4.78 is 14.5. The lowest BCUT2D eigenvalue weighted by Gasteiger charge is -2.26. The fraction of sp³-hybridized carbons (Fsp3) is 0.556. The highest BCUT2D eigenvalue weighted by atomic mass is 32.2. The van der Waals surface area contributed by atoms with Gasteiger partial charge < -0.3 is 10.2 Å². The number of aliphatic hydroxyl groups excluding tert-OH is 1. The number of aliphatic hydroxyl groups is 2. The van der Waals surface area contributed by atoms with Gasteiger partial charge in [-0.3, -0.25) is 14.3 Å². The SMILES string of the molecule is O=c1ccn([C@@]2(O)S[C@H](CO)C[C@@H]2F)c(=O)[nH]1. The molecule has 2 heterocycles. The molecule has 2 rings (SSSR count). The first-order valence-corrected chi connectivity index (χ1v) is 5.83. The smallest absolute Gasteiger partial charge is 0.331 e. The quantitative estimate of drug-likeness (QED) is 0.634. The van der Waals surface area contributed by atoms with Gasteiger partial charge in [0.15, 0.2) is 6.17 Å². The van der Waals surface area contributed by atoms with Crippen molar-refractivity contribution >= 4 is 11.8 Å². The number of aromatic amines is 1. The highest BCUT2D eigenvalue weighted by molar-refractivity contribution is 8.00. The molecule has 0 amide bonds. The third kappa shape index (κ3) is 2.03. The number of aromatic nitrogens is 2. The summed E-state index contributed by atoms with van der Waals surface area (Å²) >= 11 is 0.766. The standard InChI is InChI=1S/C9H11FN2O4S/c10-6-3-5(4-13)17-9(6,16)12-2-1-7(14)11-8(12)15/h1-2,5-6,13,16H,3-4H2,(H,11,14,15)/t5-,6-,9-/m0/s1. The molecular formula is C9H11FN2O4S. The van der Waals surface area contributed by atoms with Gasteiger partial charge in [0.25, 0.3) is 5.56 Å². The second-order valence-corrected chi connectivity index (χ2v) is 5.27. The second kappa shape index (κ2) is 4.28. The molecule has 94 valence electrons. The topological polar surface area (TPSA) is 95.3 Å². The molecule has 0 spiro atoms. The summed E-state index contributed by atoms with van der Waals surface area (Å²) in [5.74, 6) is 0. The summed E-state index contributed by atoms with van der Waals surface area (Å²) in [5, 5.41) is 16.5. The van der Waals surface area contributed by atoms with E-state index in [1.165, 1.54) is 0 Å². The second-order valence-electron chi connectivity index (χ2n) is 3.76. The van der Waals surface area contributed by atoms with Crippen LogP contribution < -0.4 is 11.2 Å². The van der Waals surface area contributed by atoms with Crippen molar-refractivity contribution in [2.45, 2.75) is 22.9 Å². The molecule has 1 aliphatic heterocycles. The summed E-state index contributed by atoms with van der Waals surface area (Å²) in [4.78, 5) is 24.3. The largest absolute Gasteiger partial charge is 0.395 e. The predicted molar refractivity (Wildman–Crippen MR) is 59.5 cm³/mol. The van der Waals surface area contributed by atoms with Crippen molar-refractivity contribution in [2.75, 3.05) is 6.61 Å². The molecule has 0 bridgehead atoms. The van der Waals surface area contributed by atoms with E-state index in [-0.39, 0.29) is 13.0 Å². The summed E-state index contributed by atoms with van der Waals surface area (Å²) in [7, 11) is 0. The molecule has 1 aromatic heterocycles. The minimum absolute atomic E-state index is 0.0523. The van der Waals surface area contributed by atoms with E-state index in [9.17, 15) is 19.1 Å². The third-order valence-corrected chi connectivity index (χ3v) is 4.06. The Morgan fingerprint density at radius 2 is 2.35 bits per heavy atom. The molecule has 1 fully saturated rings. The molecule has 1 aromatic rings. The summed E-state index contributed by atoms with van der Waals surface area (Å²) in [6.45, 7) is -0.286. The first kappa shape index (κ1) is 12.3.